The molecule has 1 aliphatic heterocycles. The third kappa shape index (κ3) is 4.61. The van der Waals surface area contributed by atoms with Gasteiger partial charge in [0.25, 0.3) is 5.91 Å². The van der Waals surface area contributed by atoms with Gasteiger partial charge in [0.2, 0.25) is 0 Å². The van der Waals surface area contributed by atoms with Gasteiger partial charge in [-0.15, -0.1) is 0 Å². The number of fused-ring (bicyclic) bond motifs is 2. The summed E-state index contributed by atoms with van der Waals surface area (Å²) in [5.74, 6) is -0.878. The zero-order valence-electron chi connectivity index (χ0n) is 18.2. The Kier molecular flexibility index (Phi) is 6.72. The van der Waals surface area contributed by atoms with E-state index in [0.29, 0.717) is 29.2 Å². The first-order chi connectivity index (χ1) is 15.5. The van der Waals surface area contributed by atoms with Gasteiger partial charge in [-0.3, -0.25) is 14.7 Å². The van der Waals surface area contributed by atoms with Crippen molar-refractivity contribution in [2.45, 2.75) is 39.3 Å². The molecule has 1 aromatic heterocycles. The molecule has 1 amide bonds. The van der Waals surface area contributed by atoms with Crippen LogP contribution in [0, 0.1) is 0 Å². The van der Waals surface area contributed by atoms with Crippen molar-refractivity contribution in [3.63, 3.8) is 0 Å². The Morgan fingerprint density at radius 2 is 2.00 bits per heavy atom. The number of pyridine rings is 1. The second kappa shape index (κ2) is 9.67. The smallest absolute Gasteiger partial charge is 0.340 e. The maximum absolute atomic E-state index is 13.4. The number of benzene rings is 2. The molecule has 0 radical (unpaired) electrons. The predicted octanol–water partition coefficient (Wildman–Crippen LogP) is 4.84. The minimum atomic E-state index is -0.921. The fraction of sp³-hybridized carbons (Fsp3) is 0.320. The van der Waals surface area contributed by atoms with E-state index in [0.717, 1.165) is 41.7 Å². The molecule has 1 atom stereocenters. The van der Waals surface area contributed by atoms with Crippen LogP contribution in [0.5, 0.6) is 0 Å². The van der Waals surface area contributed by atoms with Crippen molar-refractivity contribution in [2.24, 2.45) is 0 Å². The number of ether oxygens (including phenoxy) is 1. The van der Waals surface area contributed by atoms with Gasteiger partial charge in [-0.1, -0.05) is 49.7 Å². The molecule has 2 aromatic carbocycles. The normalized spacial score (nSPS) is 14.6. The molecule has 0 bridgehead atoms. The van der Waals surface area contributed by atoms with Gasteiger partial charge in [-0.25, -0.2) is 4.79 Å². The number of nitrogens with zero attached hydrogens (tertiary/aromatic N) is 2. The average molecular weight is 452 g/mol. The highest BCUT2D eigenvalue weighted by Gasteiger charge is 2.29. The first-order valence-electron chi connectivity index (χ1n) is 10.9. The number of halogens is 1. The molecular formula is C25H26ClN3O3. The van der Waals surface area contributed by atoms with Crippen molar-refractivity contribution >= 4 is 40.1 Å². The van der Waals surface area contributed by atoms with E-state index in [9.17, 15) is 9.59 Å². The zero-order chi connectivity index (χ0) is 22.7. The van der Waals surface area contributed by atoms with Crippen LogP contribution in [0.15, 0.2) is 48.5 Å². The standard InChI is InChI=1S/C25H26ClN3O3/c1-3-22(24(30)27-17-9-7-8-16(26)14-17)32-25(31)23-18-10-5-6-11-20(18)28-21-12-13-29(4-2)15-19(21)23/h5-11,14,22H,3-4,12-13,15H2,1-2H3,(H,27,30). The van der Waals surface area contributed by atoms with Crippen LogP contribution >= 0.6 is 11.6 Å². The van der Waals surface area contributed by atoms with Crippen molar-refractivity contribution in [1.29, 1.82) is 0 Å². The number of rotatable bonds is 6. The molecule has 7 heteroatoms. The highest BCUT2D eigenvalue weighted by Crippen LogP contribution is 2.29. The highest BCUT2D eigenvalue weighted by molar-refractivity contribution is 6.30. The van der Waals surface area contributed by atoms with E-state index >= 15 is 0 Å². The maximum atomic E-state index is 13.4. The minimum absolute atomic E-state index is 0.352. The fourth-order valence-electron chi connectivity index (χ4n) is 4.05. The lowest BCUT2D eigenvalue weighted by molar-refractivity contribution is -0.124. The van der Waals surface area contributed by atoms with Gasteiger partial charge in [-0.05, 0) is 37.2 Å². The van der Waals surface area contributed by atoms with E-state index in [4.69, 9.17) is 21.3 Å². The van der Waals surface area contributed by atoms with Crippen LogP contribution in [0.3, 0.4) is 0 Å². The Bertz CT molecular complexity index is 1160. The number of hydrogen-bond donors (Lipinski definition) is 1. The van der Waals surface area contributed by atoms with Crippen LogP contribution in [0.4, 0.5) is 5.69 Å². The molecule has 0 spiro atoms. The van der Waals surface area contributed by atoms with E-state index in [2.05, 4.69) is 17.1 Å². The number of carbonyl (C=O) groups excluding carboxylic acids is 2. The number of nitrogens with one attached hydrogen (secondary N) is 1. The topological polar surface area (TPSA) is 71.5 Å². The van der Waals surface area contributed by atoms with E-state index < -0.39 is 12.1 Å². The van der Waals surface area contributed by atoms with E-state index in [-0.39, 0.29) is 5.91 Å². The predicted molar refractivity (Wildman–Crippen MR) is 126 cm³/mol. The summed E-state index contributed by atoms with van der Waals surface area (Å²) in [5, 5.41) is 4.05. The van der Waals surface area contributed by atoms with Gasteiger partial charge < -0.3 is 10.1 Å². The van der Waals surface area contributed by atoms with Crippen LogP contribution < -0.4 is 5.32 Å². The van der Waals surface area contributed by atoms with Crippen LogP contribution in [-0.4, -0.2) is 41.0 Å². The van der Waals surface area contributed by atoms with Gasteiger partial charge in [-0.2, -0.15) is 0 Å². The summed E-state index contributed by atoms with van der Waals surface area (Å²) in [6.45, 7) is 6.35. The summed E-state index contributed by atoms with van der Waals surface area (Å²) < 4.78 is 5.76. The summed E-state index contributed by atoms with van der Waals surface area (Å²) in [4.78, 5) is 33.3. The molecule has 32 heavy (non-hydrogen) atoms. The molecular weight excluding hydrogens is 426 g/mol. The Balaban J connectivity index is 1.64. The number of amides is 1. The number of hydrogen-bond acceptors (Lipinski definition) is 5. The second-order valence-corrected chi connectivity index (χ2v) is 8.29. The van der Waals surface area contributed by atoms with Crippen molar-refractivity contribution in [3.8, 4) is 0 Å². The number of anilines is 1. The van der Waals surface area contributed by atoms with Gasteiger partial charge in [0, 0.05) is 46.9 Å². The van der Waals surface area contributed by atoms with Crippen molar-refractivity contribution in [1.82, 2.24) is 9.88 Å². The zero-order valence-corrected chi connectivity index (χ0v) is 19.0. The van der Waals surface area contributed by atoms with Crippen LogP contribution in [-0.2, 0) is 22.5 Å². The first-order valence-corrected chi connectivity index (χ1v) is 11.3. The van der Waals surface area contributed by atoms with Gasteiger partial charge in [0.05, 0.1) is 11.1 Å². The summed E-state index contributed by atoms with van der Waals surface area (Å²) in [5.41, 5.74) is 3.66. The molecule has 0 fully saturated rings. The van der Waals surface area contributed by atoms with E-state index in [1.54, 1.807) is 24.3 Å². The van der Waals surface area contributed by atoms with E-state index in [1.807, 2.05) is 31.2 Å². The van der Waals surface area contributed by atoms with Crippen molar-refractivity contribution in [3.05, 3.63) is 70.4 Å². The molecule has 1 aliphatic rings. The van der Waals surface area contributed by atoms with E-state index in [1.165, 1.54) is 0 Å². The lowest BCUT2D eigenvalue weighted by atomic mass is 9.95. The largest absolute Gasteiger partial charge is 0.449 e. The second-order valence-electron chi connectivity index (χ2n) is 7.85. The van der Waals surface area contributed by atoms with Crippen molar-refractivity contribution in [2.75, 3.05) is 18.4 Å². The minimum Gasteiger partial charge on any atom is -0.449 e. The Hall–Kier alpha value is -2.96. The molecule has 0 saturated carbocycles. The quantitative estimate of drug-likeness (QED) is 0.543. The maximum Gasteiger partial charge on any atom is 0.340 e. The molecule has 0 aliphatic carbocycles. The lowest BCUT2D eigenvalue weighted by Crippen LogP contribution is -2.35. The van der Waals surface area contributed by atoms with Crippen LogP contribution in [0.2, 0.25) is 5.02 Å². The molecule has 1 N–H and O–H groups in total. The third-order valence-corrected chi connectivity index (χ3v) is 6.02. The number of para-hydroxylation sites is 1. The Morgan fingerprint density at radius 1 is 1.19 bits per heavy atom. The SMILES string of the molecule is CCC(OC(=O)c1c2c(nc3ccccc13)CCN(CC)C2)C(=O)Nc1cccc(Cl)c1. The van der Waals surface area contributed by atoms with Crippen LogP contribution in [0.1, 0.15) is 41.9 Å². The average Bonchev–Trinajstić information content (AvgIpc) is 2.80. The lowest BCUT2D eigenvalue weighted by Gasteiger charge is -2.29. The first kappa shape index (κ1) is 22.2. The number of aromatic nitrogens is 1. The molecule has 1 unspecified atom stereocenters. The molecule has 2 heterocycles. The molecule has 0 saturated heterocycles. The molecule has 3 aromatic rings. The number of carbonyl (C=O) groups is 2. The Labute approximate surface area is 192 Å². The molecule has 4 rings (SSSR count). The summed E-state index contributed by atoms with van der Waals surface area (Å²) in [6.07, 6.45) is 0.209. The fourth-order valence-corrected chi connectivity index (χ4v) is 4.24. The Morgan fingerprint density at radius 3 is 2.75 bits per heavy atom. The van der Waals surface area contributed by atoms with Gasteiger partial charge >= 0.3 is 5.97 Å². The summed E-state index contributed by atoms with van der Waals surface area (Å²) in [7, 11) is 0. The summed E-state index contributed by atoms with van der Waals surface area (Å²) >= 11 is 6.01. The summed E-state index contributed by atoms with van der Waals surface area (Å²) in [6, 6.07) is 14.5. The third-order valence-electron chi connectivity index (χ3n) is 5.78. The molecule has 6 nitrogen and oxygen atoms in total. The molecule has 166 valence electrons. The highest BCUT2D eigenvalue weighted by atomic mass is 35.5. The number of likely N-dealkylation sites (N-methyl/N-ethyl adjacent to an activating group) is 1. The number of esters is 1. The monoisotopic (exact) mass is 451 g/mol. The van der Waals surface area contributed by atoms with Gasteiger partial charge in [0.1, 0.15) is 0 Å². The van der Waals surface area contributed by atoms with Crippen LogP contribution in [0.25, 0.3) is 10.9 Å². The van der Waals surface area contributed by atoms with Crippen molar-refractivity contribution < 1.29 is 14.3 Å². The van der Waals surface area contributed by atoms with Gasteiger partial charge in [0.15, 0.2) is 6.10 Å².